The van der Waals surface area contributed by atoms with Crippen LogP contribution in [0.15, 0.2) is 29.4 Å². The van der Waals surface area contributed by atoms with Crippen LogP contribution in [0.4, 0.5) is 11.5 Å². The molecular formula is C17H22N4O2S. The number of phenolic OH excluding ortho intramolecular Hbond substituents is 1. The van der Waals surface area contributed by atoms with Crippen molar-refractivity contribution in [1.29, 1.82) is 0 Å². The number of thioether (sulfide) groups is 1. The van der Waals surface area contributed by atoms with Gasteiger partial charge >= 0.3 is 0 Å². The van der Waals surface area contributed by atoms with Gasteiger partial charge in [0.15, 0.2) is 5.16 Å². The second kappa shape index (κ2) is 7.83. The average molecular weight is 346 g/mol. The summed E-state index contributed by atoms with van der Waals surface area (Å²) in [5.74, 6) is 1.07. The van der Waals surface area contributed by atoms with Crippen LogP contribution in [0.5, 0.6) is 5.75 Å². The summed E-state index contributed by atoms with van der Waals surface area (Å²) in [6.45, 7) is 5.93. The van der Waals surface area contributed by atoms with E-state index in [1.54, 1.807) is 6.07 Å². The standard InChI is InChI=1S/C17H22N4O2S/c1-12-9-16(20-17(18-12)24-2)19-14-3-4-15(22)13(10-14)11-21-5-7-23-8-6-21/h3-4,9-10,22H,5-8,11H2,1-2H3,(H,18,19,20). The van der Waals surface area contributed by atoms with Gasteiger partial charge in [0, 0.05) is 42.6 Å². The normalized spacial score (nSPS) is 15.4. The lowest BCUT2D eigenvalue weighted by Gasteiger charge is -2.27. The first-order valence-electron chi connectivity index (χ1n) is 7.93. The van der Waals surface area contributed by atoms with Crippen molar-refractivity contribution in [3.05, 3.63) is 35.5 Å². The van der Waals surface area contributed by atoms with Crippen LogP contribution in [0, 0.1) is 6.92 Å². The first kappa shape index (κ1) is 17.0. The Morgan fingerprint density at radius 2 is 2.04 bits per heavy atom. The minimum Gasteiger partial charge on any atom is -0.508 e. The van der Waals surface area contributed by atoms with Crippen LogP contribution in [-0.2, 0) is 11.3 Å². The van der Waals surface area contributed by atoms with E-state index in [1.165, 1.54) is 11.8 Å². The molecule has 1 aromatic carbocycles. The lowest BCUT2D eigenvalue weighted by Crippen LogP contribution is -2.35. The molecule has 0 radical (unpaired) electrons. The van der Waals surface area contributed by atoms with Gasteiger partial charge in [0.2, 0.25) is 0 Å². The topological polar surface area (TPSA) is 70.5 Å². The molecule has 1 aromatic heterocycles. The van der Waals surface area contributed by atoms with Crippen molar-refractivity contribution < 1.29 is 9.84 Å². The Morgan fingerprint density at radius 3 is 2.79 bits per heavy atom. The smallest absolute Gasteiger partial charge is 0.189 e. The second-order valence-electron chi connectivity index (χ2n) is 5.74. The molecule has 2 N–H and O–H groups in total. The number of ether oxygens (including phenoxy) is 1. The monoisotopic (exact) mass is 346 g/mol. The quantitative estimate of drug-likeness (QED) is 0.490. The minimum absolute atomic E-state index is 0.315. The van der Waals surface area contributed by atoms with Crippen LogP contribution in [0.1, 0.15) is 11.3 Å². The van der Waals surface area contributed by atoms with E-state index < -0.39 is 0 Å². The third-order valence-corrected chi connectivity index (χ3v) is 4.41. The van der Waals surface area contributed by atoms with E-state index in [2.05, 4.69) is 20.2 Å². The Labute approximate surface area is 146 Å². The molecule has 0 bridgehead atoms. The van der Waals surface area contributed by atoms with Crippen LogP contribution >= 0.6 is 11.8 Å². The van der Waals surface area contributed by atoms with Crippen molar-refractivity contribution in [1.82, 2.24) is 14.9 Å². The molecule has 24 heavy (non-hydrogen) atoms. The number of phenols is 1. The number of nitrogens with zero attached hydrogens (tertiary/aromatic N) is 3. The number of morpholine rings is 1. The van der Waals surface area contributed by atoms with E-state index in [1.807, 2.05) is 31.4 Å². The number of aromatic hydroxyl groups is 1. The molecule has 0 saturated carbocycles. The van der Waals surface area contributed by atoms with Crippen molar-refractivity contribution in [2.75, 3.05) is 37.9 Å². The minimum atomic E-state index is 0.315. The van der Waals surface area contributed by atoms with E-state index in [4.69, 9.17) is 4.74 Å². The Hall–Kier alpha value is -1.83. The van der Waals surface area contributed by atoms with Crippen molar-refractivity contribution in [2.45, 2.75) is 18.6 Å². The maximum Gasteiger partial charge on any atom is 0.189 e. The van der Waals surface area contributed by atoms with Crippen molar-refractivity contribution >= 4 is 23.3 Å². The zero-order valence-electron chi connectivity index (χ0n) is 14.0. The molecule has 128 valence electrons. The maximum absolute atomic E-state index is 10.1. The largest absolute Gasteiger partial charge is 0.508 e. The first-order chi connectivity index (χ1) is 11.6. The molecule has 0 aliphatic carbocycles. The predicted octanol–water partition coefficient (Wildman–Crippen LogP) is 2.79. The molecule has 3 rings (SSSR count). The van der Waals surface area contributed by atoms with E-state index in [-0.39, 0.29) is 0 Å². The fraction of sp³-hybridized carbons (Fsp3) is 0.412. The summed E-state index contributed by atoms with van der Waals surface area (Å²) in [6.07, 6.45) is 1.96. The van der Waals surface area contributed by atoms with Gasteiger partial charge in [-0.25, -0.2) is 9.97 Å². The zero-order valence-corrected chi connectivity index (χ0v) is 14.8. The Balaban J connectivity index is 1.76. The molecule has 0 spiro atoms. The number of hydrogen-bond donors (Lipinski definition) is 2. The van der Waals surface area contributed by atoms with Gasteiger partial charge in [-0.05, 0) is 31.4 Å². The molecular weight excluding hydrogens is 324 g/mol. The van der Waals surface area contributed by atoms with Gasteiger partial charge in [-0.3, -0.25) is 4.90 Å². The van der Waals surface area contributed by atoms with E-state index in [9.17, 15) is 5.11 Å². The third kappa shape index (κ3) is 4.37. The van der Waals surface area contributed by atoms with Gasteiger partial charge in [0.1, 0.15) is 11.6 Å². The van der Waals surface area contributed by atoms with E-state index >= 15 is 0 Å². The second-order valence-corrected chi connectivity index (χ2v) is 6.51. The van der Waals surface area contributed by atoms with Crippen molar-refractivity contribution in [3.8, 4) is 5.75 Å². The summed E-state index contributed by atoms with van der Waals surface area (Å²) in [7, 11) is 0. The molecule has 0 atom stereocenters. The number of aryl methyl sites for hydroxylation is 1. The molecule has 1 fully saturated rings. The van der Waals surface area contributed by atoms with Crippen LogP contribution in [-0.4, -0.2) is 52.5 Å². The first-order valence-corrected chi connectivity index (χ1v) is 9.15. The summed E-state index contributed by atoms with van der Waals surface area (Å²) in [4.78, 5) is 11.1. The molecule has 7 heteroatoms. The molecule has 1 aliphatic heterocycles. The molecule has 0 amide bonds. The Morgan fingerprint density at radius 1 is 1.25 bits per heavy atom. The molecule has 0 unspecified atom stereocenters. The summed E-state index contributed by atoms with van der Waals surface area (Å²) >= 11 is 1.52. The maximum atomic E-state index is 10.1. The molecule has 1 aliphatic rings. The Kier molecular flexibility index (Phi) is 5.55. The highest BCUT2D eigenvalue weighted by Crippen LogP contribution is 2.26. The number of hydrogen-bond acceptors (Lipinski definition) is 7. The number of aromatic nitrogens is 2. The van der Waals surface area contributed by atoms with Gasteiger partial charge in [0.05, 0.1) is 13.2 Å². The lowest BCUT2D eigenvalue weighted by molar-refractivity contribution is 0.0339. The third-order valence-electron chi connectivity index (χ3n) is 3.87. The number of anilines is 2. The van der Waals surface area contributed by atoms with Crippen LogP contribution in [0.2, 0.25) is 0 Å². The fourth-order valence-corrected chi connectivity index (χ4v) is 3.06. The van der Waals surface area contributed by atoms with Gasteiger partial charge in [-0.15, -0.1) is 0 Å². The average Bonchev–Trinajstić information content (AvgIpc) is 2.58. The molecule has 2 heterocycles. The van der Waals surface area contributed by atoms with Crippen molar-refractivity contribution in [3.63, 3.8) is 0 Å². The summed E-state index contributed by atoms with van der Waals surface area (Å²) in [5.41, 5.74) is 2.73. The number of benzene rings is 1. The number of rotatable bonds is 5. The SMILES string of the molecule is CSc1nc(C)cc(Nc2ccc(O)c(CN3CCOCC3)c2)n1. The summed E-state index contributed by atoms with van der Waals surface area (Å²) < 4.78 is 5.37. The van der Waals surface area contributed by atoms with Crippen LogP contribution < -0.4 is 5.32 Å². The highest BCUT2D eigenvalue weighted by molar-refractivity contribution is 7.98. The van der Waals surface area contributed by atoms with E-state index in [0.29, 0.717) is 12.3 Å². The lowest BCUT2D eigenvalue weighted by atomic mass is 10.1. The van der Waals surface area contributed by atoms with E-state index in [0.717, 1.165) is 54.2 Å². The Bertz CT molecular complexity index is 705. The van der Waals surface area contributed by atoms with Gasteiger partial charge in [0.25, 0.3) is 0 Å². The predicted molar refractivity (Wildman–Crippen MR) is 96.0 cm³/mol. The summed E-state index contributed by atoms with van der Waals surface area (Å²) in [5, 5.41) is 14.2. The number of nitrogens with one attached hydrogen (secondary N) is 1. The molecule has 1 saturated heterocycles. The highest BCUT2D eigenvalue weighted by atomic mass is 32.2. The zero-order chi connectivity index (χ0) is 16.9. The van der Waals surface area contributed by atoms with Crippen LogP contribution in [0.3, 0.4) is 0 Å². The molecule has 6 nitrogen and oxygen atoms in total. The van der Waals surface area contributed by atoms with Gasteiger partial charge in [-0.1, -0.05) is 11.8 Å². The van der Waals surface area contributed by atoms with Crippen molar-refractivity contribution in [2.24, 2.45) is 0 Å². The summed E-state index contributed by atoms with van der Waals surface area (Å²) in [6, 6.07) is 7.46. The van der Waals surface area contributed by atoms with Gasteiger partial charge in [-0.2, -0.15) is 0 Å². The fourth-order valence-electron chi connectivity index (χ4n) is 2.63. The van der Waals surface area contributed by atoms with Gasteiger partial charge < -0.3 is 15.2 Å². The highest BCUT2D eigenvalue weighted by Gasteiger charge is 2.13. The molecule has 2 aromatic rings. The van der Waals surface area contributed by atoms with Crippen LogP contribution in [0.25, 0.3) is 0 Å².